The molecule has 1 fully saturated rings. The first-order chi connectivity index (χ1) is 5.83. The fraction of sp³-hybridized carbons (Fsp3) is 0.500. The molecule has 1 aliphatic rings. The number of carbonyl (C=O) groups is 1. The van der Waals surface area contributed by atoms with Crippen LogP contribution in [0.1, 0.15) is 35.0 Å². The summed E-state index contributed by atoms with van der Waals surface area (Å²) in [6.45, 7) is 0. The summed E-state index contributed by atoms with van der Waals surface area (Å²) in [4.78, 5) is 14.9. The van der Waals surface area contributed by atoms with E-state index in [4.69, 9.17) is 4.42 Å². The van der Waals surface area contributed by atoms with Crippen molar-refractivity contribution in [3.05, 3.63) is 17.8 Å². The smallest absolute Gasteiger partial charge is 0.360 e. The summed E-state index contributed by atoms with van der Waals surface area (Å²) < 4.78 is 9.65. The third-order valence-corrected chi connectivity index (χ3v) is 1.92. The van der Waals surface area contributed by atoms with Crippen LogP contribution < -0.4 is 0 Å². The van der Waals surface area contributed by atoms with Crippen LogP contribution in [0.3, 0.4) is 0 Å². The Morgan fingerprint density at radius 3 is 3.08 bits per heavy atom. The molecule has 0 N–H and O–H groups in total. The van der Waals surface area contributed by atoms with Crippen molar-refractivity contribution in [2.45, 2.75) is 18.8 Å². The van der Waals surface area contributed by atoms with E-state index >= 15 is 0 Å². The van der Waals surface area contributed by atoms with Gasteiger partial charge in [-0.15, -0.1) is 0 Å². The number of rotatable bonds is 2. The van der Waals surface area contributed by atoms with E-state index in [-0.39, 0.29) is 0 Å². The van der Waals surface area contributed by atoms with Gasteiger partial charge in [0.1, 0.15) is 5.76 Å². The van der Waals surface area contributed by atoms with Crippen molar-refractivity contribution >= 4 is 5.97 Å². The highest BCUT2D eigenvalue weighted by molar-refractivity contribution is 5.88. The quantitative estimate of drug-likeness (QED) is 0.623. The van der Waals surface area contributed by atoms with Crippen molar-refractivity contribution < 1.29 is 13.9 Å². The number of methoxy groups -OCH3 is 1. The Balaban J connectivity index is 2.29. The number of esters is 1. The van der Waals surface area contributed by atoms with Crippen LogP contribution in [-0.4, -0.2) is 18.1 Å². The zero-order chi connectivity index (χ0) is 8.55. The maximum atomic E-state index is 11.1. The molecule has 0 saturated heterocycles. The summed E-state index contributed by atoms with van der Waals surface area (Å²) in [5.41, 5.74) is 0.333. The maximum Gasteiger partial charge on any atom is 0.360 e. The third-order valence-electron chi connectivity index (χ3n) is 1.92. The molecule has 0 atom stereocenters. The molecular formula is C8H9NO3. The van der Waals surface area contributed by atoms with Gasteiger partial charge in [-0.1, -0.05) is 0 Å². The van der Waals surface area contributed by atoms with Crippen LogP contribution in [0.15, 0.2) is 10.8 Å². The van der Waals surface area contributed by atoms with Crippen LogP contribution in [0.2, 0.25) is 0 Å². The molecule has 4 heteroatoms. The van der Waals surface area contributed by atoms with Gasteiger partial charge in [-0.05, 0) is 12.8 Å². The molecule has 2 rings (SSSR count). The molecule has 0 spiro atoms. The highest BCUT2D eigenvalue weighted by Gasteiger charge is 2.32. The number of ether oxygens (including phenoxy) is 1. The standard InChI is InChI=1S/C8H9NO3/c1-11-8(10)6-7(5-2-3-5)12-4-9-6/h4-5H,2-3H2,1H3. The summed E-state index contributed by atoms with van der Waals surface area (Å²) in [6, 6.07) is 0. The van der Waals surface area contributed by atoms with Crippen LogP contribution in [0.4, 0.5) is 0 Å². The summed E-state index contributed by atoms with van der Waals surface area (Å²) in [7, 11) is 1.34. The van der Waals surface area contributed by atoms with E-state index in [1.165, 1.54) is 13.5 Å². The van der Waals surface area contributed by atoms with Gasteiger partial charge in [0.25, 0.3) is 0 Å². The Hall–Kier alpha value is -1.32. The molecule has 1 aromatic rings. The molecule has 12 heavy (non-hydrogen) atoms. The SMILES string of the molecule is COC(=O)c1ncoc1C1CC1. The Morgan fingerprint density at radius 2 is 2.50 bits per heavy atom. The van der Waals surface area contributed by atoms with E-state index in [0.717, 1.165) is 12.8 Å². The summed E-state index contributed by atoms with van der Waals surface area (Å²) in [5.74, 6) is 0.661. The molecule has 0 radical (unpaired) electrons. The second kappa shape index (κ2) is 2.62. The Morgan fingerprint density at radius 1 is 1.75 bits per heavy atom. The zero-order valence-corrected chi connectivity index (χ0v) is 6.74. The molecule has 1 aromatic heterocycles. The Bertz CT molecular complexity index is 301. The molecule has 1 saturated carbocycles. The minimum atomic E-state index is -0.411. The van der Waals surface area contributed by atoms with Crippen molar-refractivity contribution in [1.82, 2.24) is 4.98 Å². The molecule has 4 nitrogen and oxygen atoms in total. The van der Waals surface area contributed by atoms with Crippen molar-refractivity contribution in [3.63, 3.8) is 0 Å². The highest BCUT2D eigenvalue weighted by Crippen LogP contribution is 2.41. The van der Waals surface area contributed by atoms with E-state index in [2.05, 4.69) is 9.72 Å². The van der Waals surface area contributed by atoms with Crippen molar-refractivity contribution in [2.24, 2.45) is 0 Å². The van der Waals surface area contributed by atoms with E-state index < -0.39 is 5.97 Å². The number of hydrogen-bond donors (Lipinski definition) is 0. The fourth-order valence-electron chi connectivity index (χ4n) is 1.14. The number of oxazole rings is 1. The molecule has 64 valence electrons. The summed E-state index contributed by atoms with van der Waals surface area (Å²) >= 11 is 0. The normalized spacial score (nSPS) is 16.1. The lowest BCUT2D eigenvalue weighted by Gasteiger charge is -1.95. The van der Waals surface area contributed by atoms with Gasteiger partial charge in [0.15, 0.2) is 12.1 Å². The Kier molecular flexibility index (Phi) is 1.60. The van der Waals surface area contributed by atoms with Gasteiger partial charge < -0.3 is 9.15 Å². The number of nitrogens with zero attached hydrogens (tertiary/aromatic N) is 1. The summed E-state index contributed by atoms with van der Waals surface area (Å²) in [5, 5.41) is 0. The van der Waals surface area contributed by atoms with Crippen molar-refractivity contribution in [1.29, 1.82) is 0 Å². The maximum absolute atomic E-state index is 11.1. The van der Waals surface area contributed by atoms with Crippen LogP contribution in [-0.2, 0) is 4.74 Å². The summed E-state index contributed by atoms with van der Waals surface area (Å²) in [6.07, 6.45) is 3.46. The van der Waals surface area contributed by atoms with Crippen molar-refractivity contribution in [3.8, 4) is 0 Å². The van der Waals surface area contributed by atoms with Crippen LogP contribution >= 0.6 is 0 Å². The second-order valence-electron chi connectivity index (χ2n) is 2.83. The molecule has 1 heterocycles. The van der Waals surface area contributed by atoms with E-state index in [0.29, 0.717) is 17.4 Å². The van der Waals surface area contributed by atoms with Gasteiger partial charge in [0.2, 0.25) is 0 Å². The number of aromatic nitrogens is 1. The van der Waals surface area contributed by atoms with Gasteiger partial charge in [-0.3, -0.25) is 0 Å². The van der Waals surface area contributed by atoms with Gasteiger partial charge >= 0.3 is 5.97 Å². The molecule has 0 aliphatic heterocycles. The predicted molar refractivity (Wildman–Crippen MR) is 39.8 cm³/mol. The highest BCUT2D eigenvalue weighted by atomic mass is 16.5. The zero-order valence-electron chi connectivity index (χ0n) is 6.74. The average Bonchev–Trinajstić information content (AvgIpc) is 2.83. The molecule has 0 unspecified atom stereocenters. The van der Waals surface area contributed by atoms with Crippen LogP contribution in [0, 0.1) is 0 Å². The lowest BCUT2D eigenvalue weighted by atomic mass is 10.2. The topological polar surface area (TPSA) is 52.3 Å². The average molecular weight is 167 g/mol. The lowest BCUT2D eigenvalue weighted by molar-refractivity contribution is 0.0592. The first-order valence-electron chi connectivity index (χ1n) is 3.84. The van der Waals surface area contributed by atoms with Gasteiger partial charge in [0, 0.05) is 5.92 Å². The fourth-order valence-corrected chi connectivity index (χ4v) is 1.14. The monoisotopic (exact) mass is 167 g/mol. The minimum Gasteiger partial charge on any atom is -0.464 e. The second-order valence-corrected chi connectivity index (χ2v) is 2.83. The minimum absolute atomic E-state index is 0.333. The van der Waals surface area contributed by atoms with E-state index in [1.54, 1.807) is 0 Å². The van der Waals surface area contributed by atoms with Crippen LogP contribution in [0.5, 0.6) is 0 Å². The molecular weight excluding hydrogens is 158 g/mol. The molecule has 0 bridgehead atoms. The van der Waals surface area contributed by atoms with Gasteiger partial charge in [0.05, 0.1) is 7.11 Å². The van der Waals surface area contributed by atoms with Gasteiger partial charge in [-0.25, -0.2) is 9.78 Å². The largest absolute Gasteiger partial charge is 0.464 e. The molecule has 1 aliphatic carbocycles. The van der Waals surface area contributed by atoms with E-state index in [1.807, 2.05) is 0 Å². The Labute approximate surface area is 69.5 Å². The molecule has 0 aromatic carbocycles. The first-order valence-corrected chi connectivity index (χ1v) is 3.84. The molecule has 0 amide bonds. The van der Waals surface area contributed by atoms with E-state index in [9.17, 15) is 4.79 Å². The lowest BCUT2D eigenvalue weighted by Crippen LogP contribution is -2.04. The first kappa shape index (κ1) is 7.34. The predicted octanol–water partition coefficient (Wildman–Crippen LogP) is 1.34. The van der Waals surface area contributed by atoms with Crippen molar-refractivity contribution in [2.75, 3.05) is 7.11 Å². The number of carbonyl (C=O) groups excluding carboxylic acids is 1. The third kappa shape index (κ3) is 1.09. The van der Waals surface area contributed by atoms with Crippen LogP contribution in [0.25, 0.3) is 0 Å². The van der Waals surface area contributed by atoms with Gasteiger partial charge in [-0.2, -0.15) is 0 Å². The number of hydrogen-bond acceptors (Lipinski definition) is 4.